The molecule has 3 aromatic carbocycles. The zero-order valence-corrected chi connectivity index (χ0v) is 14.1. The van der Waals surface area contributed by atoms with Gasteiger partial charge in [0.1, 0.15) is 0 Å². The number of hydrogen-bond donors (Lipinski definition) is 0. The molecule has 2 atom stereocenters. The summed E-state index contributed by atoms with van der Waals surface area (Å²) >= 11 is 0. The summed E-state index contributed by atoms with van der Waals surface area (Å²) in [6, 6.07) is 31.0. The van der Waals surface area contributed by atoms with Gasteiger partial charge in [0.25, 0.3) is 0 Å². The fourth-order valence-electron chi connectivity index (χ4n) is 4.25. The molecule has 0 amide bonds. The maximum absolute atomic E-state index is 2.36. The molecule has 24 heavy (non-hydrogen) atoms. The van der Waals surface area contributed by atoms with Crippen LogP contribution < -0.4 is 0 Å². The molecule has 0 nitrogen and oxygen atoms in total. The van der Waals surface area contributed by atoms with Gasteiger partial charge in [0.05, 0.1) is 0 Å². The summed E-state index contributed by atoms with van der Waals surface area (Å²) in [5.41, 5.74) is 6.09. The van der Waals surface area contributed by atoms with Crippen LogP contribution in [-0.4, -0.2) is 0 Å². The van der Waals surface area contributed by atoms with Crippen molar-refractivity contribution in [3.8, 4) is 0 Å². The number of hydrogen-bond acceptors (Lipinski definition) is 0. The Hall–Kier alpha value is -2.34. The van der Waals surface area contributed by atoms with E-state index >= 15 is 0 Å². The quantitative estimate of drug-likeness (QED) is 0.557. The van der Waals surface area contributed by atoms with Crippen LogP contribution in [0.1, 0.15) is 34.6 Å². The second-order valence-corrected chi connectivity index (χ2v) is 6.98. The van der Waals surface area contributed by atoms with Crippen molar-refractivity contribution in [2.24, 2.45) is 5.92 Å². The molecule has 1 aliphatic rings. The molecule has 0 heteroatoms. The predicted molar refractivity (Wildman–Crippen MR) is 101 cm³/mol. The molecule has 0 aromatic heterocycles. The molecule has 0 bridgehead atoms. The van der Waals surface area contributed by atoms with Crippen LogP contribution in [0, 0.1) is 5.92 Å². The van der Waals surface area contributed by atoms with E-state index in [2.05, 4.69) is 84.9 Å². The first-order chi connectivity index (χ1) is 11.9. The second-order valence-electron chi connectivity index (χ2n) is 6.98. The number of benzene rings is 3. The first-order valence-corrected chi connectivity index (χ1v) is 9.06. The third-order valence-electron chi connectivity index (χ3n) is 5.43. The zero-order chi connectivity index (χ0) is 16.2. The summed E-state index contributed by atoms with van der Waals surface area (Å²) < 4.78 is 0. The van der Waals surface area contributed by atoms with Crippen LogP contribution in [0.3, 0.4) is 0 Å². The lowest BCUT2D eigenvalue weighted by molar-refractivity contribution is 0.431. The summed E-state index contributed by atoms with van der Waals surface area (Å²) in [7, 11) is 0. The van der Waals surface area contributed by atoms with Crippen LogP contribution in [-0.2, 0) is 19.3 Å². The monoisotopic (exact) mass is 312 g/mol. The maximum atomic E-state index is 2.36. The molecule has 0 radical (unpaired) electrons. The molecule has 0 saturated carbocycles. The Bertz CT molecular complexity index is 773. The Labute approximate surface area is 145 Å². The smallest absolute Gasteiger partial charge is 0.0121 e. The third-order valence-corrected chi connectivity index (χ3v) is 5.43. The largest absolute Gasteiger partial charge is 0.0622 e. The lowest BCUT2D eigenvalue weighted by Gasteiger charge is -2.21. The topological polar surface area (TPSA) is 0 Å². The molecule has 0 aliphatic heterocycles. The highest BCUT2D eigenvalue weighted by atomic mass is 14.4. The molecule has 4 rings (SSSR count). The van der Waals surface area contributed by atoms with Crippen LogP contribution in [0.4, 0.5) is 0 Å². The summed E-state index contributed by atoms with van der Waals surface area (Å²) in [5, 5.41) is 0. The Morgan fingerprint density at radius 1 is 0.667 bits per heavy atom. The summed E-state index contributed by atoms with van der Waals surface area (Å²) in [6.45, 7) is 0. The molecule has 0 N–H and O–H groups in total. The average molecular weight is 312 g/mol. The van der Waals surface area contributed by atoms with Gasteiger partial charge in [0, 0.05) is 0 Å². The Kier molecular flexibility index (Phi) is 4.46. The number of aryl methyl sites for hydroxylation is 1. The number of fused-ring (bicyclic) bond motifs is 1. The maximum Gasteiger partial charge on any atom is -0.0121 e. The van der Waals surface area contributed by atoms with Gasteiger partial charge in [-0.1, -0.05) is 84.9 Å². The predicted octanol–water partition coefficient (Wildman–Crippen LogP) is 5.82. The molecular weight excluding hydrogens is 288 g/mol. The molecule has 120 valence electrons. The van der Waals surface area contributed by atoms with E-state index in [0.29, 0.717) is 5.92 Å². The van der Waals surface area contributed by atoms with Gasteiger partial charge in [-0.15, -0.1) is 0 Å². The van der Waals surface area contributed by atoms with Crippen molar-refractivity contribution >= 4 is 0 Å². The molecule has 0 fully saturated rings. The minimum atomic E-state index is 0.682. The first kappa shape index (κ1) is 15.2. The minimum Gasteiger partial charge on any atom is -0.0622 e. The molecule has 2 unspecified atom stereocenters. The lowest BCUT2D eigenvalue weighted by Crippen LogP contribution is -2.12. The van der Waals surface area contributed by atoms with Crippen LogP contribution in [0.5, 0.6) is 0 Å². The molecule has 0 saturated heterocycles. The van der Waals surface area contributed by atoms with E-state index in [-0.39, 0.29) is 0 Å². The van der Waals surface area contributed by atoms with Gasteiger partial charge in [0.15, 0.2) is 0 Å². The Balaban J connectivity index is 1.54. The van der Waals surface area contributed by atoms with Gasteiger partial charge in [0.2, 0.25) is 0 Å². The van der Waals surface area contributed by atoms with E-state index in [4.69, 9.17) is 0 Å². The SMILES string of the molecule is c1ccc(CCC2c3ccccc3CC2Cc2ccccc2)cc1. The Morgan fingerprint density at radius 2 is 1.29 bits per heavy atom. The molecule has 0 heterocycles. The normalized spacial score (nSPS) is 19.2. The fourth-order valence-corrected chi connectivity index (χ4v) is 4.25. The molecular formula is C24H24. The first-order valence-electron chi connectivity index (χ1n) is 9.06. The second kappa shape index (κ2) is 7.05. The van der Waals surface area contributed by atoms with Gasteiger partial charge < -0.3 is 0 Å². The highest BCUT2D eigenvalue weighted by Crippen LogP contribution is 2.42. The van der Waals surface area contributed by atoms with Crippen LogP contribution in [0.2, 0.25) is 0 Å². The summed E-state index contributed by atoms with van der Waals surface area (Å²) in [6.07, 6.45) is 4.84. The van der Waals surface area contributed by atoms with Gasteiger partial charge in [-0.3, -0.25) is 0 Å². The molecule has 0 spiro atoms. The van der Waals surface area contributed by atoms with Crippen molar-refractivity contribution in [3.63, 3.8) is 0 Å². The van der Waals surface area contributed by atoms with Crippen molar-refractivity contribution in [3.05, 3.63) is 107 Å². The fraction of sp³-hybridized carbons (Fsp3) is 0.250. The van der Waals surface area contributed by atoms with Gasteiger partial charge in [-0.2, -0.15) is 0 Å². The van der Waals surface area contributed by atoms with Crippen molar-refractivity contribution < 1.29 is 0 Å². The minimum absolute atomic E-state index is 0.682. The summed E-state index contributed by atoms with van der Waals surface area (Å²) in [4.78, 5) is 0. The van der Waals surface area contributed by atoms with E-state index in [0.717, 1.165) is 5.92 Å². The Morgan fingerprint density at radius 3 is 2.04 bits per heavy atom. The van der Waals surface area contributed by atoms with Crippen LogP contribution in [0.25, 0.3) is 0 Å². The van der Waals surface area contributed by atoms with Crippen molar-refractivity contribution in [1.29, 1.82) is 0 Å². The highest BCUT2D eigenvalue weighted by molar-refractivity contribution is 5.37. The average Bonchev–Trinajstić information content (AvgIpc) is 2.99. The van der Waals surface area contributed by atoms with E-state index in [1.165, 1.54) is 36.8 Å². The van der Waals surface area contributed by atoms with E-state index in [1.807, 2.05) is 0 Å². The molecule has 3 aromatic rings. The summed E-state index contributed by atoms with van der Waals surface area (Å²) in [5.74, 6) is 1.41. The van der Waals surface area contributed by atoms with Gasteiger partial charge in [-0.05, 0) is 59.8 Å². The highest BCUT2D eigenvalue weighted by Gasteiger charge is 2.31. The van der Waals surface area contributed by atoms with E-state index in [1.54, 1.807) is 11.1 Å². The van der Waals surface area contributed by atoms with Crippen molar-refractivity contribution in [2.75, 3.05) is 0 Å². The van der Waals surface area contributed by atoms with Crippen LogP contribution >= 0.6 is 0 Å². The van der Waals surface area contributed by atoms with Gasteiger partial charge >= 0.3 is 0 Å². The van der Waals surface area contributed by atoms with E-state index < -0.39 is 0 Å². The van der Waals surface area contributed by atoms with Crippen LogP contribution in [0.15, 0.2) is 84.9 Å². The van der Waals surface area contributed by atoms with Gasteiger partial charge in [-0.25, -0.2) is 0 Å². The standard InChI is InChI=1S/C24H24/c1-3-9-19(10-4-1)15-16-24-22(17-20-11-5-2-6-12-20)18-21-13-7-8-14-23(21)24/h1-14,22,24H,15-18H2. The van der Waals surface area contributed by atoms with E-state index in [9.17, 15) is 0 Å². The van der Waals surface area contributed by atoms with Crippen molar-refractivity contribution in [2.45, 2.75) is 31.6 Å². The number of rotatable bonds is 5. The van der Waals surface area contributed by atoms with Crippen molar-refractivity contribution in [1.82, 2.24) is 0 Å². The molecule has 1 aliphatic carbocycles. The lowest BCUT2D eigenvalue weighted by atomic mass is 9.83. The zero-order valence-electron chi connectivity index (χ0n) is 14.1. The third kappa shape index (κ3) is 3.28.